The lowest BCUT2D eigenvalue weighted by Gasteiger charge is -2.13. The Morgan fingerprint density at radius 2 is 1.97 bits per heavy atom. The number of benzene rings is 2. The summed E-state index contributed by atoms with van der Waals surface area (Å²) >= 11 is 6.61. The standard InChI is InChI=1S/C21H16ClFN2O5S/c1-2-30-20(28)14-10-13(7-8-15(14)22)24-18(26)11-25-19(27)17(31-21(25)29)9-12-5-3-4-6-16(12)23/h3-10H,2,11H2,1H3,(H,24,26)/b17-9+. The first-order valence-electron chi connectivity index (χ1n) is 9.06. The summed E-state index contributed by atoms with van der Waals surface area (Å²) in [5.41, 5.74) is 0.469. The molecule has 1 N–H and O–H groups in total. The molecule has 31 heavy (non-hydrogen) atoms. The van der Waals surface area contributed by atoms with Crippen LogP contribution >= 0.6 is 23.4 Å². The van der Waals surface area contributed by atoms with E-state index in [0.29, 0.717) is 11.8 Å². The first-order chi connectivity index (χ1) is 14.8. The molecular formula is C21H16ClFN2O5S. The fourth-order valence-electron chi connectivity index (χ4n) is 2.68. The van der Waals surface area contributed by atoms with Crippen molar-refractivity contribution in [1.29, 1.82) is 0 Å². The van der Waals surface area contributed by atoms with Crippen LogP contribution in [-0.2, 0) is 14.3 Å². The topological polar surface area (TPSA) is 92.8 Å². The van der Waals surface area contributed by atoms with Crippen LogP contribution in [0.5, 0.6) is 0 Å². The average Bonchev–Trinajstić information content (AvgIpc) is 2.98. The van der Waals surface area contributed by atoms with Gasteiger partial charge in [-0.3, -0.25) is 19.3 Å². The van der Waals surface area contributed by atoms with E-state index >= 15 is 0 Å². The molecule has 2 aromatic carbocycles. The molecule has 160 valence electrons. The third-order valence-corrected chi connectivity index (χ3v) is 5.35. The van der Waals surface area contributed by atoms with E-state index in [4.69, 9.17) is 16.3 Å². The van der Waals surface area contributed by atoms with Crippen LogP contribution in [0.2, 0.25) is 5.02 Å². The number of carbonyl (C=O) groups excluding carboxylic acids is 4. The van der Waals surface area contributed by atoms with Crippen molar-refractivity contribution in [3.63, 3.8) is 0 Å². The summed E-state index contributed by atoms with van der Waals surface area (Å²) in [7, 11) is 0. The summed E-state index contributed by atoms with van der Waals surface area (Å²) < 4.78 is 18.7. The van der Waals surface area contributed by atoms with Crippen molar-refractivity contribution in [1.82, 2.24) is 4.90 Å². The molecule has 0 saturated carbocycles. The number of carbonyl (C=O) groups is 4. The van der Waals surface area contributed by atoms with Gasteiger partial charge in [-0.25, -0.2) is 9.18 Å². The van der Waals surface area contributed by atoms with Crippen molar-refractivity contribution in [3.8, 4) is 0 Å². The van der Waals surface area contributed by atoms with Crippen molar-refractivity contribution >= 4 is 58.1 Å². The number of amides is 3. The third-order valence-electron chi connectivity index (χ3n) is 4.11. The van der Waals surface area contributed by atoms with Crippen LogP contribution in [0.1, 0.15) is 22.8 Å². The van der Waals surface area contributed by atoms with Crippen LogP contribution in [0.3, 0.4) is 0 Å². The molecule has 10 heteroatoms. The summed E-state index contributed by atoms with van der Waals surface area (Å²) in [4.78, 5) is 49.8. The lowest BCUT2D eigenvalue weighted by Crippen LogP contribution is -2.36. The molecule has 0 bridgehead atoms. The maximum atomic E-state index is 13.8. The van der Waals surface area contributed by atoms with E-state index in [2.05, 4.69) is 5.32 Å². The number of ether oxygens (including phenoxy) is 1. The zero-order valence-electron chi connectivity index (χ0n) is 16.2. The summed E-state index contributed by atoms with van der Waals surface area (Å²) in [5.74, 6) is -2.54. The van der Waals surface area contributed by atoms with E-state index in [1.165, 1.54) is 42.5 Å². The largest absolute Gasteiger partial charge is 0.462 e. The van der Waals surface area contributed by atoms with Crippen LogP contribution in [0.15, 0.2) is 47.4 Å². The predicted molar refractivity (Wildman–Crippen MR) is 115 cm³/mol. The molecule has 0 radical (unpaired) electrons. The lowest BCUT2D eigenvalue weighted by molar-refractivity contribution is -0.127. The first-order valence-corrected chi connectivity index (χ1v) is 10.3. The number of esters is 1. The van der Waals surface area contributed by atoms with Crippen LogP contribution < -0.4 is 5.32 Å². The van der Waals surface area contributed by atoms with Gasteiger partial charge in [0.25, 0.3) is 11.1 Å². The maximum Gasteiger partial charge on any atom is 0.339 e. The second kappa shape index (κ2) is 9.76. The molecule has 3 amide bonds. The van der Waals surface area contributed by atoms with Gasteiger partial charge in [0.05, 0.1) is 22.1 Å². The molecule has 1 fully saturated rings. The minimum absolute atomic E-state index is 0.0130. The van der Waals surface area contributed by atoms with Gasteiger partial charge in [0, 0.05) is 11.3 Å². The lowest BCUT2D eigenvalue weighted by atomic mass is 10.2. The van der Waals surface area contributed by atoms with E-state index < -0.39 is 35.4 Å². The molecule has 1 heterocycles. The summed E-state index contributed by atoms with van der Waals surface area (Å²) in [6.45, 7) is 1.26. The van der Waals surface area contributed by atoms with Crippen molar-refractivity contribution in [2.24, 2.45) is 0 Å². The third kappa shape index (κ3) is 5.31. The van der Waals surface area contributed by atoms with Gasteiger partial charge in [-0.05, 0) is 49.0 Å². The molecule has 0 atom stereocenters. The number of hydrogen-bond donors (Lipinski definition) is 1. The number of nitrogens with zero attached hydrogens (tertiary/aromatic N) is 1. The van der Waals surface area contributed by atoms with Gasteiger partial charge in [-0.1, -0.05) is 29.8 Å². The Hall–Kier alpha value is -3.17. The van der Waals surface area contributed by atoms with Crippen molar-refractivity contribution in [3.05, 3.63) is 69.3 Å². The number of rotatable bonds is 6. The summed E-state index contributed by atoms with van der Waals surface area (Å²) in [5, 5.41) is 2.01. The quantitative estimate of drug-likeness (QED) is 0.507. The van der Waals surface area contributed by atoms with Gasteiger partial charge >= 0.3 is 5.97 Å². The van der Waals surface area contributed by atoms with E-state index in [0.717, 1.165) is 4.90 Å². The number of nitrogens with one attached hydrogen (secondary N) is 1. The Morgan fingerprint density at radius 3 is 2.68 bits per heavy atom. The Balaban J connectivity index is 1.70. The van der Waals surface area contributed by atoms with Crippen LogP contribution in [-0.4, -0.2) is 41.1 Å². The van der Waals surface area contributed by atoms with Gasteiger partial charge in [-0.15, -0.1) is 0 Å². The monoisotopic (exact) mass is 462 g/mol. The molecule has 2 aromatic rings. The SMILES string of the molecule is CCOC(=O)c1cc(NC(=O)CN2C(=O)S/C(=C/c3ccccc3F)C2=O)ccc1Cl. The number of thioether (sulfide) groups is 1. The second-order valence-electron chi connectivity index (χ2n) is 6.25. The van der Waals surface area contributed by atoms with Crippen molar-refractivity contribution in [2.45, 2.75) is 6.92 Å². The number of hydrogen-bond acceptors (Lipinski definition) is 6. The molecule has 0 unspecified atom stereocenters. The van der Waals surface area contributed by atoms with E-state index in [1.807, 2.05) is 0 Å². The molecular weight excluding hydrogens is 447 g/mol. The first kappa shape index (κ1) is 22.5. The van der Waals surface area contributed by atoms with E-state index in [-0.39, 0.29) is 33.3 Å². The van der Waals surface area contributed by atoms with E-state index in [9.17, 15) is 23.6 Å². The van der Waals surface area contributed by atoms with Gasteiger partial charge < -0.3 is 10.1 Å². The minimum Gasteiger partial charge on any atom is -0.462 e. The molecule has 0 spiro atoms. The van der Waals surface area contributed by atoms with Gasteiger partial charge in [0.1, 0.15) is 12.4 Å². The molecule has 0 aromatic heterocycles. The summed E-state index contributed by atoms with van der Waals surface area (Å²) in [6.07, 6.45) is 1.27. The van der Waals surface area contributed by atoms with Crippen LogP contribution in [0.25, 0.3) is 6.08 Å². The fourth-order valence-corrected chi connectivity index (χ4v) is 3.71. The summed E-state index contributed by atoms with van der Waals surface area (Å²) in [6, 6.07) is 10.0. The second-order valence-corrected chi connectivity index (χ2v) is 7.65. The van der Waals surface area contributed by atoms with Gasteiger partial charge in [0.2, 0.25) is 5.91 Å². The highest BCUT2D eigenvalue weighted by Gasteiger charge is 2.36. The smallest absolute Gasteiger partial charge is 0.339 e. The number of halogens is 2. The zero-order chi connectivity index (χ0) is 22.5. The highest BCUT2D eigenvalue weighted by molar-refractivity contribution is 8.18. The Labute approximate surface area is 186 Å². The molecule has 0 aliphatic carbocycles. The van der Waals surface area contributed by atoms with Gasteiger partial charge in [0.15, 0.2) is 0 Å². The van der Waals surface area contributed by atoms with Crippen LogP contribution in [0.4, 0.5) is 14.9 Å². The molecule has 1 aliphatic rings. The number of imide groups is 1. The Bertz CT molecular complexity index is 1100. The van der Waals surface area contributed by atoms with E-state index in [1.54, 1.807) is 13.0 Å². The van der Waals surface area contributed by atoms with Crippen molar-refractivity contribution < 1.29 is 28.3 Å². The van der Waals surface area contributed by atoms with Crippen LogP contribution in [0, 0.1) is 5.82 Å². The van der Waals surface area contributed by atoms with Gasteiger partial charge in [-0.2, -0.15) is 0 Å². The fraction of sp³-hybridized carbons (Fsp3) is 0.143. The Kier molecular flexibility index (Phi) is 7.09. The maximum absolute atomic E-state index is 13.8. The molecule has 7 nitrogen and oxygen atoms in total. The van der Waals surface area contributed by atoms with Crippen molar-refractivity contribution in [2.75, 3.05) is 18.5 Å². The zero-order valence-corrected chi connectivity index (χ0v) is 17.8. The molecule has 1 saturated heterocycles. The minimum atomic E-state index is -0.697. The number of anilines is 1. The highest BCUT2D eigenvalue weighted by atomic mass is 35.5. The predicted octanol–water partition coefficient (Wildman–Crippen LogP) is 4.33. The molecule has 3 rings (SSSR count). The normalized spacial score (nSPS) is 14.8. The highest BCUT2D eigenvalue weighted by Crippen LogP contribution is 2.32. The molecule has 1 aliphatic heterocycles. The average molecular weight is 463 g/mol. The Morgan fingerprint density at radius 1 is 1.23 bits per heavy atom.